The molecule has 0 saturated carbocycles. The van der Waals surface area contributed by atoms with E-state index >= 15 is 0 Å². The van der Waals surface area contributed by atoms with Crippen molar-refractivity contribution in [3.8, 4) is 0 Å². The van der Waals surface area contributed by atoms with Gasteiger partial charge in [-0.25, -0.2) is 12.7 Å². The van der Waals surface area contributed by atoms with E-state index in [1.807, 2.05) is 4.57 Å². The molecule has 0 aromatic carbocycles. The summed E-state index contributed by atoms with van der Waals surface area (Å²) in [5, 5.41) is 17.5. The summed E-state index contributed by atoms with van der Waals surface area (Å²) in [6, 6.07) is 0. The van der Waals surface area contributed by atoms with E-state index in [1.54, 1.807) is 12.7 Å². The Morgan fingerprint density at radius 2 is 1.90 bits per heavy atom. The first kappa shape index (κ1) is 15.4. The summed E-state index contributed by atoms with van der Waals surface area (Å²) in [6.07, 6.45) is 2.69. The Hall–Kier alpha value is -1.03. The number of aromatic nitrogens is 3. The van der Waals surface area contributed by atoms with Crippen LogP contribution in [0.15, 0.2) is 12.7 Å². The third kappa shape index (κ3) is 3.75. The van der Waals surface area contributed by atoms with Gasteiger partial charge >= 0.3 is 0 Å². The van der Waals surface area contributed by atoms with Crippen LogP contribution in [0, 0.1) is 5.92 Å². The van der Waals surface area contributed by atoms with Crippen molar-refractivity contribution in [3.63, 3.8) is 0 Å². The number of rotatable bonds is 6. The third-order valence-corrected chi connectivity index (χ3v) is 5.57. The summed E-state index contributed by atoms with van der Waals surface area (Å²) in [5.74, 6) is -0.243. The van der Waals surface area contributed by atoms with E-state index < -0.39 is 16.1 Å². The number of hydrogen-bond acceptors (Lipinski definition) is 6. The van der Waals surface area contributed by atoms with Gasteiger partial charge in [-0.2, -0.15) is 0 Å². The maximum atomic E-state index is 11.9. The van der Waals surface area contributed by atoms with Gasteiger partial charge in [0, 0.05) is 46.2 Å². The Labute approximate surface area is 119 Å². The van der Waals surface area contributed by atoms with E-state index in [0.717, 1.165) is 13.1 Å². The lowest BCUT2D eigenvalue weighted by Crippen LogP contribution is -2.33. The highest BCUT2D eigenvalue weighted by Gasteiger charge is 2.34. The first-order chi connectivity index (χ1) is 9.38. The van der Waals surface area contributed by atoms with Crippen molar-refractivity contribution >= 4 is 10.0 Å². The van der Waals surface area contributed by atoms with E-state index in [1.165, 1.54) is 18.4 Å². The standard InChI is InChI=1S/C11H21N5O3S/c1-14(2)20(18,19)7-10-5-15(6-11(10)17)3-4-16-8-12-13-9-16/h8-11,17H,3-7H2,1-2H3/t10-,11-/m0/s1. The molecule has 1 aliphatic rings. The van der Waals surface area contributed by atoms with Gasteiger partial charge in [0.05, 0.1) is 11.9 Å². The van der Waals surface area contributed by atoms with E-state index in [0.29, 0.717) is 13.1 Å². The predicted molar refractivity (Wildman–Crippen MR) is 73.4 cm³/mol. The van der Waals surface area contributed by atoms with Crippen molar-refractivity contribution in [2.24, 2.45) is 5.92 Å². The Morgan fingerprint density at radius 3 is 2.50 bits per heavy atom. The minimum atomic E-state index is -3.27. The number of nitrogens with zero attached hydrogens (tertiary/aromatic N) is 5. The van der Waals surface area contributed by atoms with Gasteiger partial charge in [-0.05, 0) is 0 Å². The second-order valence-electron chi connectivity index (χ2n) is 5.35. The number of hydrogen-bond donors (Lipinski definition) is 1. The van der Waals surface area contributed by atoms with Crippen LogP contribution in [0.2, 0.25) is 0 Å². The lowest BCUT2D eigenvalue weighted by molar-refractivity contribution is 0.148. The third-order valence-electron chi connectivity index (χ3n) is 3.60. The summed E-state index contributed by atoms with van der Waals surface area (Å²) < 4.78 is 26.8. The highest BCUT2D eigenvalue weighted by Crippen LogP contribution is 2.19. The smallest absolute Gasteiger partial charge is 0.214 e. The van der Waals surface area contributed by atoms with Crippen LogP contribution in [0.5, 0.6) is 0 Å². The highest BCUT2D eigenvalue weighted by atomic mass is 32.2. The lowest BCUT2D eigenvalue weighted by atomic mass is 10.1. The number of β-amino-alcohol motifs (C(OH)–C–C–N with tert-alkyl or cyclic N) is 1. The Balaban J connectivity index is 1.86. The minimum Gasteiger partial charge on any atom is -0.391 e. The van der Waals surface area contributed by atoms with Gasteiger partial charge in [-0.1, -0.05) is 0 Å². The molecule has 8 nitrogen and oxygen atoms in total. The molecule has 1 fully saturated rings. The lowest BCUT2D eigenvalue weighted by Gasteiger charge is -2.18. The fourth-order valence-electron chi connectivity index (χ4n) is 2.30. The SMILES string of the molecule is CN(C)S(=O)(=O)C[C@@H]1CN(CCn2cnnc2)C[C@@H]1O. The number of aliphatic hydroxyl groups excluding tert-OH is 1. The molecule has 0 unspecified atom stereocenters. The molecule has 114 valence electrons. The van der Waals surface area contributed by atoms with E-state index in [9.17, 15) is 13.5 Å². The quantitative estimate of drug-likeness (QED) is 0.685. The van der Waals surface area contributed by atoms with Crippen LogP contribution in [0.25, 0.3) is 0 Å². The topological polar surface area (TPSA) is 91.6 Å². The zero-order valence-corrected chi connectivity index (χ0v) is 12.6. The molecule has 1 N–H and O–H groups in total. The summed E-state index contributed by atoms with van der Waals surface area (Å²) in [5.41, 5.74) is 0. The molecule has 1 aromatic heterocycles. The number of sulfonamides is 1. The fraction of sp³-hybridized carbons (Fsp3) is 0.818. The molecular formula is C11H21N5O3S. The van der Waals surface area contributed by atoms with Crippen molar-refractivity contribution in [1.82, 2.24) is 24.0 Å². The monoisotopic (exact) mass is 303 g/mol. The molecule has 9 heteroatoms. The summed E-state index contributed by atoms with van der Waals surface area (Å²) >= 11 is 0. The second-order valence-corrected chi connectivity index (χ2v) is 7.58. The van der Waals surface area contributed by atoms with Crippen LogP contribution in [0.3, 0.4) is 0 Å². The van der Waals surface area contributed by atoms with Gasteiger partial charge in [0.15, 0.2) is 0 Å². The minimum absolute atomic E-state index is 0.00963. The van der Waals surface area contributed by atoms with Crippen LogP contribution in [-0.4, -0.2) is 83.1 Å². The summed E-state index contributed by atoms with van der Waals surface area (Å²) in [6.45, 7) is 2.58. The van der Waals surface area contributed by atoms with Gasteiger partial charge < -0.3 is 9.67 Å². The average molecular weight is 303 g/mol. The Bertz CT molecular complexity index is 516. The largest absolute Gasteiger partial charge is 0.391 e. The van der Waals surface area contributed by atoms with Crippen molar-refractivity contribution in [1.29, 1.82) is 0 Å². The van der Waals surface area contributed by atoms with E-state index in [2.05, 4.69) is 15.1 Å². The Morgan fingerprint density at radius 1 is 1.25 bits per heavy atom. The molecule has 1 aliphatic heterocycles. The zero-order chi connectivity index (χ0) is 14.8. The second kappa shape index (κ2) is 6.17. The average Bonchev–Trinajstić information content (AvgIpc) is 2.97. The predicted octanol–water partition coefficient (Wildman–Crippen LogP) is -1.54. The molecule has 1 aromatic rings. The van der Waals surface area contributed by atoms with Crippen molar-refractivity contribution < 1.29 is 13.5 Å². The normalized spacial score (nSPS) is 24.6. The molecule has 2 heterocycles. The van der Waals surface area contributed by atoms with Crippen LogP contribution < -0.4 is 0 Å². The first-order valence-corrected chi connectivity index (χ1v) is 8.12. The van der Waals surface area contributed by atoms with Gasteiger partial charge in [-0.15, -0.1) is 10.2 Å². The van der Waals surface area contributed by atoms with Crippen molar-refractivity contribution in [2.45, 2.75) is 12.6 Å². The first-order valence-electron chi connectivity index (χ1n) is 6.51. The molecule has 2 atom stereocenters. The van der Waals surface area contributed by atoms with Gasteiger partial charge in [0.25, 0.3) is 0 Å². The molecule has 0 aliphatic carbocycles. The van der Waals surface area contributed by atoms with Crippen molar-refractivity contribution in [2.75, 3.05) is 39.5 Å². The van der Waals surface area contributed by atoms with E-state index in [4.69, 9.17) is 0 Å². The van der Waals surface area contributed by atoms with Gasteiger partial charge in [0.1, 0.15) is 12.7 Å². The molecule has 0 amide bonds. The Kier molecular flexibility index (Phi) is 4.74. The molecular weight excluding hydrogens is 282 g/mol. The van der Waals surface area contributed by atoms with Crippen LogP contribution in [0.4, 0.5) is 0 Å². The fourth-order valence-corrected chi connectivity index (χ4v) is 3.47. The zero-order valence-electron chi connectivity index (χ0n) is 11.8. The highest BCUT2D eigenvalue weighted by molar-refractivity contribution is 7.89. The van der Waals surface area contributed by atoms with Crippen LogP contribution in [-0.2, 0) is 16.6 Å². The number of likely N-dealkylation sites (tertiary alicyclic amines) is 1. The molecule has 20 heavy (non-hydrogen) atoms. The maximum Gasteiger partial charge on any atom is 0.214 e. The molecule has 0 spiro atoms. The van der Waals surface area contributed by atoms with Gasteiger partial charge in [0.2, 0.25) is 10.0 Å². The number of aliphatic hydroxyl groups is 1. The molecule has 0 bridgehead atoms. The summed E-state index contributed by atoms with van der Waals surface area (Å²) in [4.78, 5) is 2.07. The molecule has 2 rings (SSSR count). The van der Waals surface area contributed by atoms with Crippen LogP contribution in [0.1, 0.15) is 0 Å². The van der Waals surface area contributed by atoms with Crippen LogP contribution >= 0.6 is 0 Å². The molecule has 1 saturated heterocycles. The summed E-state index contributed by atoms with van der Waals surface area (Å²) in [7, 11) is -0.246. The van der Waals surface area contributed by atoms with Crippen molar-refractivity contribution in [3.05, 3.63) is 12.7 Å². The molecule has 0 radical (unpaired) electrons. The maximum absolute atomic E-state index is 11.9. The van der Waals surface area contributed by atoms with Gasteiger partial charge in [-0.3, -0.25) is 4.90 Å². The van der Waals surface area contributed by atoms with E-state index in [-0.39, 0.29) is 11.7 Å².